The molecule has 122 valence electrons. The van der Waals surface area contributed by atoms with Gasteiger partial charge in [0.1, 0.15) is 0 Å². The molecule has 0 aliphatic heterocycles. The first-order valence-corrected chi connectivity index (χ1v) is 8.87. The Morgan fingerprint density at radius 1 is 1.13 bits per heavy atom. The lowest BCUT2D eigenvalue weighted by atomic mass is 10.2. The molecule has 0 saturated carbocycles. The van der Waals surface area contributed by atoms with E-state index in [-0.39, 0.29) is 5.91 Å². The van der Waals surface area contributed by atoms with Crippen molar-refractivity contribution in [3.05, 3.63) is 56.7 Å². The highest BCUT2D eigenvalue weighted by Gasteiger charge is 2.04. The molecule has 5 nitrogen and oxygen atoms in total. The molecular weight excluding hydrogens is 376 g/mol. The first-order chi connectivity index (χ1) is 11.2. The van der Waals surface area contributed by atoms with Gasteiger partial charge in [0.15, 0.2) is 5.96 Å². The molecule has 3 N–H and O–H groups in total. The number of benzene rings is 1. The number of amides is 1. The van der Waals surface area contributed by atoms with Crippen molar-refractivity contribution in [2.45, 2.75) is 6.54 Å². The predicted molar refractivity (Wildman–Crippen MR) is 99.0 cm³/mol. The zero-order valence-electron chi connectivity index (χ0n) is 12.8. The normalized spacial score (nSPS) is 11.1. The molecule has 0 fully saturated rings. The lowest BCUT2D eigenvalue weighted by Crippen LogP contribution is -2.41. The molecule has 0 saturated heterocycles. The average molecular weight is 395 g/mol. The number of guanidine groups is 1. The minimum absolute atomic E-state index is 0.0826. The molecular formula is C16H19BrN4OS. The number of hydrogen-bond acceptors (Lipinski definition) is 3. The van der Waals surface area contributed by atoms with Gasteiger partial charge in [-0.05, 0) is 35.7 Å². The number of aliphatic imine (C=N–C) groups is 1. The first kappa shape index (κ1) is 17.5. The molecule has 0 unspecified atom stereocenters. The number of hydrogen-bond donors (Lipinski definition) is 3. The third-order valence-corrected chi connectivity index (χ3v) is 4.45. The summed E-state index contributed by atoms with van der Waals surface area (Å²) in [5.74, 6) is 0.636. The fourth-order valence-electron chi connectivity index (χ4n) is 1.86. The van der Waals surface area contributed by atoms with Crippen LogP contribution in [0.15, 0.2) is 51.2 Å². The lowest BCUT2D eigenvalue weighted by molar-refractivity contribution is 0.0954. The molecule has 0 radical (unpaired) electrons. The number of halogens is 1. The molecule has 1 aromatic heterocycles. The highest BCUT2D eigenvalue weighted by Crippen LogP contribution is 2.10. The molecule has 2 aromatic rings. The SMILES string of the molecule is CN=C(NCCNC(=O)c1ccc(Br)cc1)NCc1cccs1. The molecule has 2 rings (SSSR count). The van der Waals surface area contributed by atoms with Crippen molar-refractivity contribution in [2.75, 3.05) is 20.1 Å². The van der Waals surface area contributed by atoms with Crippen LogP contribution in [0.5, 0.6) is 0 Å². The summed E-state index contributed by atoms with van der Waals surface area (Å²) in [6.45, 7) is 1.86. The number of thiophene rings is 1. The van der Waals surface area contributed by atoms with Crippen molar-refractivity contribution in [1.82, 2.24) is 16.0 Å². The molecule has 0 aliphatic rings. The standard InChI is InChI=1S/C16H19BrN4OS/c1-18-16(21-11-14-3-2-10-23-14)20-9-8-19-15(22)12-4-6-13(17)7-5-12/h2-7,10H,8-9,11H2,1H3,(H,19,22)(H2,18,20,21). The average Bonchev–Trinajstić information content (AvgIpc) is 3.08. The van der Waals surface area contributed by atoms with Crippen LogP contribution in [0.25, 0.3) is 0 Å². The van der Waals surface area contributed by atoms with Crippen LogP contribution in [0.2, 0.25) is 0 Å². The Bertz CT molecular complexity index is 641. The van der Waals surface area contributed by atoms with Crippen LogP contribution >= 0.6 is 27.3 Å². The highest BCUT2D eigenvalue weighted by atomic mass is 79.9. The fraction of sp³-hybridized carbons (Fsp3) is 0.250. The van der Waals surface area contributed by atoms with E-state index in [1.54, 1.807) is 30.5 Å². The second kappa shape index (κ2) is 9.32. The Morgan fingerprint density at radius 2 is 1.87 bits per heavy atom. The quantitative estimate of drug-likeness (QED) is 0.400. The maximum atomic E-state index is 12.0. The van der Waals surface area contributed by atoms with Gasteiger partial charge in [-0.15, -0.1) is 11.3 Å². The number of nitrogens with zero attached hydrogens (tertiary/aromatic N) is 1. The van der Waals surface area contributed by atoms with Gasteiger partial charge in [-0.25, -0.2) is 0 Å². The second-order valence-electron chi connectivity index (χ2n) is 4.69. The van der Waals surface area contributed by atoms with Crippen molar-refractivity contribution >= 4 is 39.1 Å². The summed E-state index contributed by atoms with van der Waals surface area (Å²) in [6, 6.07) is 11.4. The van der Waals surface area contributed by atoms with E-state index >= 15 is 0 Å². The fourth-order valence-corrected chi connectivity index (χ4v) is 2.77. The van der Waals surface area contributed by atoms with Gasteiger partial charge in [0.25, 0.3) is 5.91 Å². The van der Waals surface area contributed by atoms with Crippen LogP contribution in [-0.4, -0.2) is 32.0 Å². The van der Waals surface area contributed by atoms with Gasteiger partial charge in [-0.2, -0.15) is 0 Å². The molecule has 0 bridgehead atoms. The van der Waals surface area contributed by atoms with Crippen LogP contribution in [0.3, 0.4) is 0 Å². The largest absolute Gasteiger partial charge is 0.355 e. The highest BCUT2D eigenvalue weighted by molar-refractivity contribution is 9.10. The predicted octanol–water partition coefficient (Wildman–Crippen LogP) is 2.61. The number of carbonyl (C=O) groups excluding carboxylic acids is 1. The van der Waals surface area contributed by atoms with Crippen LogP contribution in [0.4, 0.5) is 0 Å². The van der Waals surface area contributed by atoms with Crippen molar-refractivity contribution in [3.8, 4) is 0 Å². The summed E-state index contributed by atoms with van der Waals surface area (Å²) in [5, 5.41) is 11.3. The molecule has 1 heterocycles. The molecule has 1 amide bonds. The smallest absolute Gasteiger partial charge is 0.251 e. The van der Waals surface area contributed by atoms with E-state index in [1.807, 2.05) is 23.6 Å². The summed E-state index contributed by atoms with van der Waals surface area (Å²) >= 11 is 5.05. The van der Waals surface area contributed by atoms with E-state index < -0.39 is 0 Å². The van der Waals surface area contributed by atoms with Gasteiger partial charge in [0.2, 0.25) is 0 Å². The van der Waals surface area contributed by atoms with E-state index in [0.29, 0.717) is 18.7 Å². The van der Waals surface area contributed by atoms with E-state index in [1.165, 1.54) is 4.88 Å². The van der Waals surface area contributed by atoms with Crippen molar-refractivity contribution in [3.63, 3.8) is 0 Å². The zero-order valence-corrected chi connectivity index (χ0v) is 15.2. The van der Waals surface area contributed by atoms with Crippen LogP contribution in [-0.2, 0) is 6.54 Å². The summed E-state index contributed by atoms with van der Waals surface area (Å²) in [6.07, 6.45) is 0. The number of rotatable bonds is 6. The monoisotopic (exact) mass is 394 g/mol. The van der Waals surface area contributed by atoms with Gasteiger partial charge in [-0.1, -0.05) is 22.0 Å². The topological polar surface area (TPSA) is 65.5 Å². The molecule has 1 aromatic carbocycles. The van der Waals surface area contributed by atoms with Crippen molar-refractivity contribution < 1.29 is 4.79 Å². The molecule has 7 heteroatoms. The Balaban J connectivity index is 1.67. The van der Waals surface area contributed by atoms with Gasteiger partial charge < -0.3 is 16.0 Å². The summed E-state index contributed by atoms with van der Waals surface area (Å²) < 4.78 is 0.955. The Labute approximate surface area is 148 Å². The Kier molecular flexibility index (Phi) is 7.09. The Hall–Kier alpha value is -1.86. The van der Waals surface area contributed by atoms with Gasteiger partial charge in [0.05, 0.1) is 6.54 Å². The second-order valence-corrected chi connectivity index (χ2v) is 6.64. The summed E-state index contributed by atoms with van der Waals surface area (Å²) in [7, 11) is 1.73. The molecule has 23 heavy (non-hydrogen) atoms. The minimum atomic E-state index is -0.0826. The third-order valence-electron chi connectivity index (χ3n) is 3.04. The van der Waals surface area contributed by atoms with E-state index in [9.17, 15) is 4.79 Å². The first-order valence-electron chi connectivity index (χ1n) is 7.19. The number of nitrogens with one attached hydrogen (secondary N) is 3. The molecule has 0 spiro atoms. The summed E-state index contributed by atoms with van der Waals surface area (Å²) in [5.41, 5.74) is 0.647. The van der Waals surface area contributed by atoms with E-state index in [4.69, 9.17) is 0 Å². The van der Waals surface area contributed by atoms with Crippen LogP contribution in [0.1, 0.15) is 15.2 Å². The van der Waals surface area contributed by atoms with Crippen molar-refractivity contribution in [1.29, 1.82) is 0 Å². The van der Waals surface area contributed by atoms with Crippen LogP contribution in [0, 0.1) is 0 Å². The minimum Gasteiger partial charge on any atom is -0.355 e. The lowest BCUT2D eigenvalue weighted by Gasteiger charge is -2.11. The van der Waals surface area contributed by atoms with Crippen LogP contribution < -0.4 is 16.0 Å². The molecule has 0 atom stereocenters. The number of carbonyl (C=O) groups is 1. The third kappa shape index (κ3) is 6.03. The van der Waals surface area contributed by atoms with Gasteiger partial charge >= 0.3 is 0 Å². The summed E-state index contributed by atoms with van der Waals surface area (Å²) in [4.78, 5) is 17.4. The van der Waals surface area contributed by atoms with Gasteiger partial charge in [0, 0.05) is 35.1 Å². The van der Waals surface area contributed by atoms with E-state index in [0.717, 1.165) is 17.0 Å². The maximum Gasteiger partial charge on any atom is 0.251 e. The van der Waals surface area contributed by atoms with Crippen molar-refractivity contribution in [2.24, 2.45) is 4.99 Å². The Morgan fingerprint density at radius 3 is 2.52 bits per heavy atom. The maximum absolute atomic E-state index is 12.0. The van der Waals surface area contributed by atoms with Gasteiger partial charge in [-0.3, -0.25) is 9.79 Å². The zero-order chi connectivity index (χ0) is 16.5. The van der Waals surface area contributed by atoms with E-state index in [2.05, 4.69) is 42.9 Å². The molecule has 0 aliphatic carbocycles.